The lowest BCUT2D eigenvalue weighted by atomic mass is 10.1. The SMILES string of the molecule is COc1ccc(C(=O)N(CC(=O)N2CCCN(c3ccc(-c4cccc(OC)c4)nn3)CC2)CC(C)C)cc1. The van der Waals surface area contributed by atoms with Gasteiger partial charge < -0.3 is 24.2 Å². The summed E-state index contributed by atoms with van der Waals surface area (Å²) in [5, 5.41) is 8.90. The number of rotatable bonds is 9. The second kappa shape index (κ2) is 13.1. The van der Waals surface area contributed by atoms with Gasteiger partial charge in [-0.3, -0.25) is 9.59 Å². The van der Waals surface area contributed by atoms with Crippen LogP contribution in [0.4, 0.5) is 5.82 Å². The molecule has 4 rings (SSSR count). The number of benzene rings is 2. The van der Waals surface area contributed by atoms with Gasteiger partial charge in [0.1, 0.15) is 18.0 Å². The van der Waals surface area contributed by atoms with Crippen LogP contribution in [0.1, 0.15) is 30.6 Å². The molecule has 0 spiro atoms. The van der Waals surface area contributed by atoms with Crippen molar-refractivity contribution in [3.05, 3.63) is 66.2 Å². The molecular weight excluding hydrogens is 494 g/mol. The quantitative estimate of drug-likeness (QED) is 0.412. The molecule has 9 heteroatoms. The second-order valence-corrected chi connectivity index (χ2v) is 10.0. The molecule has 0 N–H and O–H groups in total. The van der Waals surface area contributed by atoms with E-state index in [4.69, 9.17) is 9.47 Å². The summed E-state index contributed by atoms with van der Waals surface area (Å²) in [5.74, 6) is 2.28. The monoisotopic (exact) mass is 531 g/mol. The maximum Gasteiger partial charge on any atom is 0.254 e. The van der Waals surface area contributed by atoms with Gasteiger partial charge in [0, 0.05) is 43.9 Å². The van der Waals surface area contributed by atoms with Crippen molar-refractivity contribution in [1.82, 2.24) is 20.0 Å². The van der Waals surface area contributed by atoms with Gasteiger partial charge in [0.25, 0.3) is 5.91 Å². The molecule has 1 aliphatic heterocycles. The smallest absolute Gasteiger partial charge is 0.254 e. The van der Waals surface area contributed by atoms with Crippen molar-refractivity contribution >= 4 is 17.6 Å². The van der Waals surface area contributed by atoms with Crippen LogP contribution in [0.5, 0.6) is 11.5 Å². The van der Waals surface area contributed by atoms with Crippen LogP contribution >= 0.6 is 0 Å². The highest BCUT2D eigenvalue weighted by molar-refractivity contribution is 5.96. The maximum atomic E-state index is 13.3. The standard InChI is InChI=1S/C30H37N5O4/c1-22(2)20-35(30(37)23-9-11-25(38-3)12-10-23)21-29(36)34-16-6-15-33(17-18-34)28-14-13-27(31-32-28)24-7-5-8-26(19-24)39-4/h5,7-14,19,22H,6,15-18,20-21H2,1-4H3. The molecule has 0 saturated carbocycles. The molecule has 2 amide bonds. The van der Waals surface area contributed by atoms with E-state index < -0.39 is 0 Å². The molecular formula is C30H37N5O4. The van der Waals surface area contributed by atoms with E-state index >= 15 is 0 Å². The van der Waals surface area contributed by atoms with E-state index in [-0.39, 0.29) is 24.3 Å². The highest BCUT2D eigenvalue weighted by Crippen LogP contribution is 2.23. The number of amides is 2. The van der Waals surface area contributed by atoms with E-state index in [1.807, 2.05) is 55.1 Å². The zero-order chi connectivity index (χ0) is 27.8. The van der Waals surface area contributed by atoms with Crippen LogP contribution < -0.4 is 14.4 Å². The summed E-state index contributed by atoms with van der Waals surface area (Å²) in [5.41, 5.74) is 2.26. The topological polar surface area (TPSA) is 88.1 Å². The summed E-state index contributed by atoms with van der Waals surface area (Å²) in [7, 11) is 3.23. The fourth-order valence-corrected chi connectivity index (χ4v) is 4.67. The molecule has 0 radical (unpaired) electrons. The molecule has 0 atom stereocenters. The molecule has 1 aromatic heterocycles. The van der Waals surface area contributed by atoms with Gasteiger partial charge in [0.05, 0.1) is 19.9 Å². The predicted molar refractivity (Wildman–Crippen MR) is 151 cm³/mol. The lowest BCUT2D eigenvalue weighted by molar-refractivity contribution is -0.131. The zero-order valence-corrected chi connectivity index (χ0v) is 23.2. The number of carbonyl (C=O) groups is 2. The van der Waals surface area contributed by atoms with E-state index in [1.54, 1.807) is 43.4 Å². The number of hydrogen-bond acceptors (Lipinski definition) is 7. The molecule has 1 aliphatic rings. The van der Waals surface area contributed by atoms with E-state index in [0.717, 1.165) is 35.8 Å². The summed E-state index contributed by atoms with van der Waals surface area (Å²) in [6.45, 7) is 7.27. The normalized spacial score (nSPS) is 13.7. The molecule has 2 heterocycles. The molecule has 1 saturated heterocycles. The van der Waals surface area contributed by atoms with Crippen LogP contribution in [0.25, 0.3) is 11.3 Å². The Balaban J connectivity index is 1.38. The Morgan fingerprint density at radius 1 is 0.897 bits per heavy atom. The van der Waals surface area contributed by atoms with Crippen LogP contribution in [-0.2, 0) is 4.79 Å². The molecule has 206 valence electrons. The van der Waals surface area contributed by atoms with Gasteiger partial charge in [-0.15, -0.1) is 10.2 Å². The Morgan fingerprint density at radius 3 is 2.33 bits per heavy atom. The molecule has 9 nitrogen and oxygen atoms in total. The summed E-state index contributed by atoms with van der Waals surface area (Å²) in [6.07, 6.45) is 0.807. The first-order chi connectivity index (χ1) is 18.9. The minimum atomic E-state index is -0.150. The third-order valence-corrected chi connectivity index (χ3v) is 6.72. The number of anilines is 1. The Hall–Kier alpha value is -4.14. The van der Waals surface area contributed by atoms with Crippen molar-refractivity contribution in [2.24, 2.45) is 5.92 Å². The van der Waals surface area contributed by atoms with Crippen molar-refractivity contribution in [3.8, 4) is 22.8 Å². The van der Waals surface area contributed by atoms with Crippen molar-refractivity contribution in [3.63, 3.8) is 0 Å². The summed E-state index contributed by atoms with van der Waals surface area (Å²) in [6, 6.07) is 18.7. The van der Waals surface area contributed by atoms with Crippen LogP contribution in [-0.4, -0.2) is 85.3 Å². The van der Waals surface area contributed by atoms with Crippen LogP contribution in [0, 0.1) is 5.92 Å². The number of hydrogen-bond donors (Lipinski definition) is 0. The lowest BCUT2D eigenvalue weighted by Gasteiger charge is -2.28. The largest absolute Gasteiger partial charge is 0.497 e. The van der Waals surface area contributed by atoms with Crippen LogP contribution in [0.15, 0.2) is 60.7 Å². The Labute approximate surface area is 230 Å². The predicted octanol–water partition coefficient (Wildman–Crippen LogP) is 4.00. The Bertz CT molecular complexity index is 1250. The Morgan fingerprint density at radius 2 is 1.67 bits per heavy atom. The van der Waals surface area contributed by atoms with Gasteiger partial charge in [-0.2, -0.15) is 0 Å². The van der Waals surface area contributed by atoms with Gasteiger partial charge >= 0.3 is 0 Å². The van der Waals surface area contributed by atoms with E-state index in [2.05, 4.69) is 15.1 Å². The van der Waals surface area contributed by atoms with E-state index in [1.165, 1.54) is 0 Å². The van der Waals surface area contributed by atoms with E-state index in [9.17, 15) is 9.59 Å². The van der Waals surface area contributed by atoms with Gasteiger partial charge in [0.2, 0.25) is 5.91 Å². The molecule has 0 aliphatic carbocycles. The van der Waals surface area contributed by atoms with Crippen molar-refractivity contribution in [2.75, 3.05) is 58.4 Å². The maximum absolute atomic E-state index is 13.3. The molecule has 2 aromatic carbocycles. The molecule has 0 unspecified atom stereocenters. The second-order valence-electron chi connectivity index (χ2n) is 10.0. The van der Waals surface area contributed by atoms with Crippen molar-refractivity contribution in [2.45, 2.75) is 20.3 Å². The lowest BCUT2D eigenvalue weighted by Crippen LogP contribution is -2.45. The first-order valence-corrected chi connectivity index (χ1v) is 13.3. The summed E-state index contributed by atoms with van der Waals surface area (Å²) < 4.78 is 10.5. The highest BCUT2D eigenvalue weighted by atomic mass is 16.5. The zero-order valence-electron chi connectivity index (χ0n) is 23.2. The average molecular weight is 532 g/mol. The van der Waals surface area contributed by atoms with Crippen LogP contribution in [0.3, 0.4) is 0 Å². The van der Waals surface area contributed by atoms with Gasteiger partial charge in [-0.25, -0.2) is 0 Å². The van der Waals surface area contributed by atoms with Crippen molar-refractivity contribution < 1.29 is 19.1 Å². The number of carbonyl (C=O) groups excluding carboxylic acids is 2. The minimum Gasteiger partial charge on any atom is -0.497 e. The third kappa shape index (κ3) is 7.25. The fraction of sp³-hybridized carbons (Fsp3) is 0.400. The number of ether oxygens (including phenoxy) is 2. The summed E-state index contributed by atoms with van der Waals surface area (Å²) in [4.78, 5) is 32.2. The molecule has 39 heavy (non-hydrogen) atoms. The molecule has 1 fully saturated rings. The first kappa shape index (κ1) is 27.9. The summed E-state index contributed by atoms with van der Waals surface area (Å²) >= 11 is 0. The minimum absolute atomic E-state index is 0.0428. The fourth-order valence-electron chi connectivity index (χ4n) is 4.67. The van der Waals surface area contributed by atoms with Crippen molar-refractivity contribution in [1.29, 1.82) is 0 Å². The van der Waals surface area contributed by atoms with Gasteiger partial charge in [-0.1, -0.05) is 26.0 Å². The number of aromatic nitrogens is 2. The first-order valence-electron chi connectivity index (χ1n) is 13.3. The number of nitrogens with zero attached hydrogens (tertiary/aromatic N) is 5. The van der Waals surface area contributed by atoms with Gasteiger partial charge in [0.15, 0.2) is 5.82 Å². The van der Waals surface area contributed by atoms with Crippen LogP contribution in [0.2, 0.25) is 0 Å². The average Bonchev–Trinajstić information content (AvgIpc) is 3.23. The Kier molecular flexibility index (Phi) is 9.35. The van der Waals surface area contributed by atoms with E-state index in [0.29, 0.717) is 37.5 Å². The molecule has 3 aromatic rings. The molecule has 0 bridgehead atoms. The number of methoxy groups -OCH3 is 2. The third-order valence-electron chi connectivity index (χ3n) is 6.72. The van der Waals surface area contributed by atoms with Gasteiger partial charge in [-0.05, 0) is 60.9 Å². The highest BCUT2D eigenvalue weighted by Gasteiger charge is 2.25.